The fraction of sp³-hybridized carbons (Fsp3) is 0.522. The molecule has 0 spiro atoms. The zero-order valence-electron chi connectivity index (χ0n) is 17.1. The van der Waals surface area contributed by atoms with Crippen LogP contribution in [0.1, 0.15) is 57.2 Å². The van der Waals surface area contributed by atoms with Gasteiger partial charge in [-0.2, -0.15) is 0 Å². The summed E-state index contributed by atoms with van der Waals surface area (Å²) in [5, 5.41) is 2.47. The lowest BCUT2D eigenvalue weighted by Gasteiger charge is -2.21. The number of para-hydroxylation sites is 1. The number of carbonyl (C=O) groups excluding carboxylic acids is 2. The summed E-state index contributed by atoms with van der Waals surface area (Å²) < 4.78 is 5.50. The van der Waals surface area contributed by atoms with Gasteiger partial charge in [0.15, 0.2) is 5.13 Å². The summed E-state index contributed by atoms with van der Waals surface area (Å²) in [4.78, 5) is 30.9. The molecule has 0 aliphatic heterocycles. The van der Waals surface area contributed by atoms with Crippen LogP contribution in [0.2, 0.25) is 0 Å². The van der Waals surface area contributed by atoms with E-state index in [1.807, 2.05) is 29.6 Å². The largest absolute Gasteiger partial charge is 0.459 e. The van der Waals surface area contributed by atoms with Gasteiger partial charge in [-0.05, 0) is 55.1 Å². The first-order chi connectivity index (χ1) is 14.0. The summed E-state index contributed by atoms with van der Waals surface area (Å²) in [6.07, 6.45) is 6.46. The highest BCUT2D eigenvalue weighted by molar-refractivity contribution is 7.14. The summed E-state index contributed by atoms with van der Waals surface area (Å²) >= 11 is 1.40. The SMILES string of the molecule is CCc1ccccc1N(C(C)=O)c1nc(COC(=O)C[C@@H]2C[C@@H]3CC[C@@H]2C3)cs1. The van der Waals surface area contributed by atoms with Gasteiger partial charge in [0.05, 0.1) is 11.4 Å². The van der Waals surface area contributed by atoms with Gasteiger partial charge >= 0.3 is 5.97 Å². The number of amides is 1. The van der Waals surface area contributed by atoms with Gasteiger partial charge < -0.3 is 4.74 Å². The molecule has 2 aliphatic carbocycles. The molecule has 1 amide bonds. The van der Waals surface area contributed by atoms with Gasteiger partial charge in [-0.3, -0.25) is 14.5 Å². The molecule has 0 saturated heterocycles. The number of ether oxygens (including phenoxy) is 1. The molecule has 1 aromatic heterocycles. The van der Waals surface area contributed by atoms with Crippen molar-refractivity contribution in [2.75, 3.05) is 4.90 Å². The Balaban J connectivity index is 1.39. The van der Waals surface area contributed by atoms with Crippen molar-refractivity contribution in [3.05, 3.63) is 40.9 Å². The summed E-state index contributed by atoms with van der Waals surface area (Å²) in [6.45, 7) is 3.78. The van der Waals surface area contributed by atoms with Crippen molar-refractivity contribution < 1.29 is 14.3 Å². The molecule has 6 heteroatoms. The van der Waals surface area contributed by atoms with E-state index < -0.39 is 0 Å². The van der Waals surface area contributed by atoms with Gasteiger partial charge in [0.2, 0.25) is 5.91 Å². The highest BCUT2D eigenvalue weighted by Crippen LogP contribution is 2.49. The molecule has 29 heavy (non-hydrogen) atoms. The van der Waals surface area contributed by atoms with E-state index in [9.17, 15) is 9.59 Å². The fourth-order valence-corrected chi connectivity index (χ4v) is 5.82. The summed E-state index contributed by atoms with van der Waals surface area (Å²) in [6, 6.07) is 7.87. The van der Waals surface area contributed by atoms with E-state index in [-0.39, 0.29) is 18.5 Å². The average molecular weight is 413 g/mol. The van der Waals surface area contributed by atoms with Crippen molar-refractivity contribution in [2.45, 2.75) is 59.0 Å². The molecule has 0 unspecified atom stereocenters. The fourth-order valence-electron chi connectivity index (χ4n) is 4.95. The molecule has 1 heterocycles. The molecule has 0 radical (unpaired) electrons. The molecule has 3 atom stereocenters. The standard InChI is InChI=1S/C23H28N2O3S/c1-3-17-6-4-5-7-21(17)25(15(2)26)23-24-20(14-29-23)13-28-22(27)12-19-11-16-8-9-18(19)10-16/h4-7,14,16,18-19H,3,8-13H2,1-2H3/t16-,18-,19+/m1/s1. The van der Waals surface area contributed by atoms with Gasteiger partial charge in [-0.15, -0.1) is 11.3 Å². The quantitative estimate of drug-likeness (QED) is 0.582. The Bertz CT molecular complexity index is 894. The van der Waals surface area contributed by atoms with Crippen LogP contribution in [0.4, 0.5) is 10.8 Å². The van der Waals surface area contributed by atoms with E-state index in [1.165, 1.54) is 37.0 Å². The lowest BCUT2D eigenvalue weighted by molar-refractivity contribution is -0.146. The zero-order chi connectivity index (χ0) is 20.4. The minimum absolute atomic E-state index is 0.0833. The first-order valence-corrected chi connectivity index (χ1v) is 11.4. The van der Waals surface area contributed by atoms with Crippen LogP contribution >= 0.6 is 11.3 Å². The molecule has 2 fully saturated rings. The van der Waals surface area contributed by atoms with Crippen LogP contribution in [-0.4, -0.2) is 16.9 Å². The van der Waals surface area contributed by atoms with Gasteiger partial charge in [0, 0.05) is 18.7 Å². The lowest BCUT2D eigenvalue weighted by Crippen LogP contribution is -2.23. The minimum Gasteiger partial charge on any atom is -0.459 e. The topological polar surface area (TPSA) is 59.5 Å². The smallest absolute Gasteiger partial charge is 0.306 e. The van der Waals surface area contributed by atoms with Gasteiger partial charge in [-0.1, -0.05) is 31.5 Å². The number of hydrogen-bond donors (Lipinski definition) is 0. The molecular weight excluding hydrogens is 384 g/mol. The second-order valence-corrected chi connectivity index (χ2v) is 9.09. The first-order valence-electron chi connectivity index (χ1n) is 10.5. The molecule has 2 aromatic rings. The maximum atomic E-state index is 12.4. The third kappa shape index (κ3) is 4.37. The number of hydrogen-bond acceptors (Lipinski definition) is 5. The van der Waals surface area contributed by atoms with E-state index in [0.29, 0.717) is 23.2 Å². The number of fused-ring (bicyclic) bond motifs is 2. The molecule has 1 aromatic carbocycles. The first kappa shape index (κ1) is 20.1. The number of thiazole rings is 1. The van der Waals surface area contributed by atoms with E-state index >= 15 is 0 Å². The number of aryl methyl sites for hydroxylation is 1. The van der Waals surface area contributed by atoms with Crippen LogP contribution in [-0.2, 0) is 27.4 Å². The number of nitrogens with zero attached hydrogens (tertiary/aromatic N) is 2. The molecule has 5 nitrogen and oxygen atoms in total. The number of aromatic nitrogens is 1. The van der Waals surface area contributed by atoms with Crippen LogP contribution < -0.4 is 4.90 Å². The van der Waals surface area contributed by atoms with Crippen LogP contribution in [0.5, 0.6) is 0 Å². The predicted molar refractivity (Wildman–Crippen MR) is 114 cm³/mol. The Morgan fingerprint density at radius 2 is 2.07 bits per heavy atom. The number of anilines is 2. The van der Waals surface area contributed by atoms with E-state index in [2.05, 4.69) is 11.9 Å². The average Bonchev–Trinajstić information content (AvgIpc) is 3.44. The highest BCUT2D eigenvalue weighted by atomic mass is 32.1. The van der Waals surface area contributed by atoms with Crippen LogP contribution in [0, 0.1) is 17.8 Å². The van der Waals surface area contributed by atoms with E-state index in [1.54, 1.807) is 11.8 Å². The molecular formula is C23H28N2O3S. The van der Waals surface area contributed by atoms with Crippen LogP contribution in [0.15, 0.2) is 29.6 Å². The number of benzene rings is 1. The van der Waals surface area contributed by atoms with Crippen molar-refractivity contribution in [3.8, 4) is 0 Å². The van der Waals surface area contributed by atoms with Crippen molar-refractivity contribution in [3.63, 3.8) is 0 Å². The molecule has 0 N–H and O–H groups in total. The number of carbonyl (C=O) groups is 2. The Morgan fingerprint density at radius 1 is 1.24 bits per heavy atom. The minimum atomic E-state index is -0.128. The molecule has 154 valence electrons. The summed E-state index contributed by atoms with van der Waals surface area (Å²) in [7, 11) is 0. The van der Waals surface area contributed by atoms with Crippen LogP contribution in [0.25, 0.3) is 0 Å². The molecule has 2 aliphatic rings. The summed E-state index contributed by atoms with van der Waals surface area (Å²) in [5.74, 6) is 1.85. The predicted octanol–water partition coefficient (Wildman–Crippen LogP) is 5.26. The Kier molecular flexibility index (Phi) is 5.99. The van der Waals surface area contributed by atoms with Crippen molar-refractivity contribution in [1.29, 1.82) is 0 Å². The summed E-state index contributed by atoms with van der Waals surface area (Å²) in [5.41, 5.74) is 2.64. The van der Waals surface area contributed by atoms with E-state index in [0.717, 1.165) is 29.5 Å². The van der Waals surface area contributed by atoms with Gasteiger partial charge in [0.1, 0.15) is 6.61 Å². The Hall–Kier alpha value is -2.21. The van der Waals surface area contributed by atoms with E-state index in [4.69, 9.17) is 4.74 Å². The van der Waals surface area contributed by atoms with Crippen molar-refractivity contribution in [1.82, 2.24) is 4.98 Å². The third-order valence-corrected chi connectivity index (χ3v) is 7.23. The molecule has 2 bridgehead atoms. The second-order valence-electron chi connectivity index (χ2n) is 8.26. The normalized spacial score (nSPS) is 22.6. The molecule has 4 rings (SSSR count). The number of esters is 1. The van der Waals surface area contributed by atoms with Crippen LogP contribution in [0.3, 0.4) is 0 Å². The Labute approximate surface area is 176 Å². The highest BCUT2D eigenvalue weighted by Gasteiger charge is 2.40. The monoisotopic (exact) mass is 412 g/mol. The molecule has 2 saturated carbocycles. The van der Waals surface area contributed by atoms with Gasteiger partial charge in [-0.25, -0.2) is 4.98 Å². The second kappa shape index (κ2) is 8.66. The Morgan fingerprint density at radius 3 is 2.76 bits per heavy atom. The van der Waals surface area contributed by atoms with Crippen molar-refractivity contribution in [2.24, 2.45) is 17.8 Å². The van der Waals surface area contributed by atoms with Crippen molar-refractivity contribution >= 4 is 34.0 Å². The maximum Gasteiger partial charge on any atom is 0.306 e. The third-order valence-electron chi connectivity index (χ3n) is 6.35. The lowest BCUT2D eigenvalue weighted by atomic mass is 9.86. The maximum absolute atomic E-state index is 12.4. The van der Waals surface area contributed by atoms with Gasteiger partial charge in [0.25, 0.3) is 0 Å². The number of rotatable bonds is 7. The zero-order valence-corrected chi connectivity index (χ0v) is 17.9.